The SMILES string of the molecule is CC(=O)C=C(C)O.O=C(O)c1ccccn1.[2H]c1[c-]c(-n2[c-]c([2H])c(-c3c([2H])c([2H])c([2H])c([2H])c3[2H])c2[2H])c([2H])c([2H])c1[2H].[2H]c1[c-]c(-n2nc([2H])c([2H])c2[2H])c([2H])c(-c2c([2H])c([2H])c([2H])c([2H])c2[2H])c1[2H].[2H]c1[c-]c(-n2nc([2H])c([2H])c2[2H])c([2H])c([2H])c1[2H].[2H]c1[c-]c(-n2nc([2H])c([2H])c2[2H])c([2H])c([2H])c1[2H].[2H]c1[c-]c(-n2nc([2H])c([2H])c2[2H])c([2H])c([2H])c1[2H].[2H]c1[c-]n(-c2[c-]c([2H])c(-c3c([2H])c([2H])c([2H])c([2H])c3[2H])c([2H])c2[2H])c([2H])c1[2H].[2H]c1cc[c-]c(-n2cc([2H])cn2)c1.[2H]c1cc[c-]c(-n2cccn2)c1.[Ir].[Ir].[Ir].[Ir].[Ir].[Ir].[Ir].[Ir]. The summed E-state index contributed by atoms with van der Waals surface area (Å²) in [6, 6.07) is 15.3. The molecule has 0 spiro atoms. The number of carbonyl (C=O) groups is 2. The third-order valence-electron chi connectivity index (χ3n) is 13.1. The zero-order valence-electron chi connectivity index (χ0n) is 122. The first kappa shape index (κ1) is 51.8. The molecule has 0 aliphatic rings. The minimum Gasteiger partial charge on any atom is -0.512 e. The molecular formula is C103H81Ir8N15O4-10. The molecule has 0 fully saturated rings. The summed E-state index contributed by atoms with van der Waals surface area (Å²) in [5.74, 6) is -1.05. The van der Waals surface area contributed by atoms with E-state index in [4.69, 9.17) is 88.3 Å². The predicted octanol–water partition coefficient (Wildman–Crippen LogP) is 21.0. The van der Waals surface area contributed by atoms with Crippen LogP contribution >= 0.6 is 0 Å². The van der Waals surface area contributed by atoms with Gasteiger partial charge in [-0.1, -0.05) is 120 Å². The Hall–Kier alpha value is -11.7. The van der Waals surface area contributed by atoms with Gasteiger partial charge in [-0.05, 0) is 118 Å². The van der Waals surface area contributed by atoms with Gasteiger partial charge in [-0.15, -0.1) is 77.4 Å². The molecule has 0 aliphatic carbocycles. The van der Waals surface area contributed by atoms with Gasteiger partial charge >= 0.3 is 5.97 Å². The Labute approximate surface area is 946 Å². The molecule has 0 atom stereocenters. The molecule has 27 heteroatoms. The van der Waals surface area contributed by atoms with Gasteiger partial charge in [0.05, 0.1) is 44.1 Å². The molecule has 20 rings (SSSR count). The first-order valence-corrected chi connectivity index (χ1v) is 33.6. The van der Waals surface area contributed by atoms with Gasteiger partial charge < -0.3 is 19.3 Å². The minimum atomic E-state index is -0.990. The van der Waals surface area contributed by atoms with E-state index < -0.39 is 327 Å². The largest absolute Gasteiger partial charge is 0.512 e. The van der Waals surface area contributed by atoms with E-state index in [2.05, 4.69) is 96.5 Å². The number of carboxylic acid groups (broad SMARTS) is 1. The molecule has 9 aromatic heterocycles. The van der Waals surface area contributed by atoms with Crippen LogP contribution in [0, 0.1) is 60.9 Å². The summed E-state index contributed by atoms with van der Waals surface area (Å²) in [6.07, 6.45) is 9.36. The van der Waals surface area contributed by atoms with Gasteiger partial charge in [0, 0.05) is 271 Å². The van der Waals surface area contributed by atoms with E-state index in [1.807, 2.05) is 12.3 Å². The molecule has 0 saturated carbocycles. The molecule has 8 radical (unpaired) electrons. The number of aromatic carboxylic acids is 1. The fourth-order valence-corrected chi connectivity index (χ4v) is 8.10. The van der Waals surface area contributed by atoms with Crippen LogP contribution in [0.3, 0.4) is 0 Å². The predicted molar refractivity (Wildman–Crippen MR) is 476 cm³/mol. The van der Waals surface area contributed by atoms with Crippen LogP contribution in [-0.4, -0.2) is 94.8 Å². The molecule has 11 aromatic carbocycles. The number of allylic oxidation sites excluding steroid dienone is 2. The number of hydrogen-bond acceptors (Lipinski definition) is 10. The number of para-hydroxylation sites is 6. The zero-order valence-corrected chi connectivity index (χ0v) is 84.0. The zero-order chi connectivity index (χ0) is 134. The molecule has 0 aliphatic heterocycles. The number of aliphatic hydroxyl groups is 1. The third-order valence-corrected chi connectivity index (χ3v) is 13.1. The van der Waals surface area contributed by atoms with E-state index in [1.54, 1.807) is 65.6 Å². The molecule has 674 valence electrons. The summed E-state index contributed by atoms with van der Waals surface area (Å²) < 4.78 is 447. The molecule has 9 heterocycles. The van der Waals surface area contributed by atoms with Crippen molar-refractivity contribution in [3.05, 3.63) is 516 Å². The summed E-state index contributed by atoms with van der Waals surface area (Å²) >= 11 is 0. The Morgan fingerprint density at radius 2 is 0.777 bits per heavy atom. The maximum Gasteiger partial charge on any atom is 0.354 e. The van der Waals surface area contributed by atoms with Crippen molar-refractivity contribution in [3.63, 3.8) is 0 Å². The molecule has 130 heavy (non-hydrogen) atoms. The Morgan fingerprint density at radius 1 is 0.323 bits per heavy atom. The fourth-order valence-electron chi connectivity index (χ4n) is 8.10. The van der Waals surface area contributed by atoms with Crippen LogP contribution in [0.2, 0.25) is 0 Å². The van der Waals surface area contributed by atoms with Gasteiger partial charge in [0.15, 0.2) is 5.78 Å². The van der Waals surface area contributed by atoms with E-state index in [0.717, 1.165) is 33.5 Å². The number of benzene rings is 11. The standard InChI is InChI=1S/2C16H11N.C15H11N2.5C9H7N2.C6H5NO2.C5H8O2.8Ir/c1-3-7-14(8-4-1)15-11-12-17(13-15)16-9-5-2-6-10-16;1-2-6-14(7-3-1)15-8-10-16(11-9-15)17-12-4-5-13-17;1-2-6-13(7-3-1)14-8-4-9-15(12-14)17-11-5-10-16-17;5*1-2-5-9(6-3-1)11-8-4-7-10-11;8-6(9)5-3-1-2-4-7-5;1-4(6)3-5(2)7;;;;;;;;/h1-9,11,13H;1-10,12H;1-8,10-12H;5*1-5,7-8H;1-4H,(H,8,9);3,6H,1-2H3;;;;;;;;/q2*-2;6*-1;;;;;;;;;;/i1D,2D,3D,4D,5D,6D,7D,8D,9D,11D,13D;1D,2D,3D,4D,5D,6D,7D,8D,9D,10D,12D;1D,2D,3D,4D,5D,6D,7D,8D,10D,11D,12D;3*1D,2D,3D,4D,5D,7D,8D;2D,4D;2D;;;;;;;;;;. The number of carboxylic acids is 1. The smallest absolute Gasteiger partial charge is 0.354 e. The average molecular weight is 3190 g/mol. The second kappa shape index (κ2) is 64.9. The summed E-state index contributed by atoms with van der Waals surface area (Å²) in [4.78, 5) is 23.7. The van der Waals surface area contributed by atoms with Crippen LogP contribution in [0.15, 0.2) is 449 Å². The number of aromatic nitrogens is 15. The van der Waals surface area contributed by atoms with Crippen molar-refractivity contribution >= 4 is 11.8 Å². The summed E-state index contributed by atoms with van der Waals surface area (Å²) in [5, 5.41) is 39.1. The van der Waals surface area contributed by atoms with E-state index in [9.17, 15) is 9.59 Å². The van der Waals surface area contributed by atoms with Gasteiger partial charge in [-0.3, -0.25) is 32.9 Å². The molecule has 19 nitrogen and oxygen atoms in total. The first-order chi connectivity index (χ1) is 83.5. The number of ketones is 1. The van der Waals surface area contributed by atoms with E-state index in [0.29, 0.717) is 23.8 Å². The van der Waals surface area contributed by atoms with Gasteiger partial charge in [0.1, 0.15) is 5.69 Å². The van der Waals surface area contributed by atoms with Crippen molar-refractivity contribution in [2.45, 2.75) is 13.8 Å². The van der Waals surface area contributed by atoms with Gasteiger partial charge in [-0.2, -0.15) is 230 Å². The molecule has 0 unspecified atom stereocenters. The third kappa shape index (κ3) is 39.3. The van der Waals surface area contributed by atoms with Crippen LogP contribution in [0.5, 0.6) is 0 Å². The average Bonchev–Trinajstić information content (AvgIpc) is 1.56. The summed E-state index contributed by atoms with van der Waals surface area (Å²) in [6.45, 7) is 2.85. The van der Waals surface area contributed by atoms with Gasteiger partial charge in [-0.25, -0.2) is 21.9 Å². The van der Waals surface area contributed by atoms with E-state index >= 15 is 0 Å². The van der Waals surface area contributed by atoms with Crippen LogP contribution in [0.1, 0.15) is 102 Å². The monoisotopic (exact) mass is 3190 g/mol. The maximum absolute atomic E-state index is 10.1. The number of nitrogens with zero attached hydrogens (tertiary/aromatic N) is 15. The van der Waals surface area contributed by atoms with Crippen molar-refractivity contribution in [1.29, 1.82) is 0 Å². The number of aliphatic hydroxyl groups excluding tert-OH is 1. The van der Waals surface area contributed by atoms with Crippen molar-refractivity contribution in [3.8, 4) is 78.9 Å². The van der Waals surface area contributed by atoms with Crippen LogP contribution in [0.4, 0.5) is 0 Å². The summed E-state index contributed by atoms with van der Waals surface area (Å²) in [7, 11) is 0. The van der Waals surface area contributed by atoms with Crippen molar-refractivity contribution in [1.82, 2.24) is 72.8 Å². The molecule has 20 aromatic rings. The number of carbonyl (C=O) groups excluding carboxylic acids is 1. The quantitative estimate of drug-likeness (QED) is 0.0631. The van der Waals surface area contributed by atoms with Crippen LogP contribution in [-0.2, 0) is 166 Å². The Balaban J connectivity index is 0.000000540. The summed E-state index contributed by atoms with van der Waals surface area (Å²) in [5.41, 5.74) is -2.03. The van der Waals surface area contributed by atoms with E-state index in [1.165, 1.54) is 43.1 Å². The van der Waals surface area contributed by atoms with Crippen LogP contribution in [0.25, 0.3) is 78.9 Å². The molecule has 0 bridgehead atoms. The van der Waals surface area contributed by atoms with Gasteiger partial charge in [0.2, 0.25) is 0 Å². The minimum absolute atomic E-state index is 0. The van der Waals surface area contributed by atoms with Crippen molar-refractivity contribution in [2.75, 3.05) is 0 Å². The first-order valence-electron chi connectivity index (χ1n) is 62.1. The normalized spacial score (nSPS) is 15.6. The fraction of sp³-hybridized carbons (Fsp3) is 0.0194. The number of rotatable bonds is 13. The molecule has 2 N–H and O–H groups in total. The Morgan fingerprint density at radius 3 is 1.18 bits per heavy atom. The maximum atomic E-state index is 10.1. The van der Waals surface area contributed by atoms with Crippen LogP contribution < -0.4 is 0 Å². The molecule has 0 saturated heterocycles. The second-order valence-electron chi connectivity index (χ2n) is 21.4. The molecular weight excluding hydrogens is 3050 g/mol. The molecule has 0 amide bonds. The Kier molecular flexibility index (Phi) is 25.8. The number of hydrogen-bond donors (Lipinski definition) is 2. The van der Waals surface area contributed by atoms with Crippen molar-refractivity contribution < 1.29 is 259 Å². The van der Waals surface area contributed by atoms with E-state index in [-0.39, 0.29) is 253 Å². The topological polar surface area (TPSA) is 204 Å². The Bertz CT molecular complexity index is 9620. The number of pyridine rings is 1. The second-order valence-corrected chi connectivity index (χ2v) is 21.4. The van der Waals surface area contributed by atoms with Gasteiger partial charge in [0.25, 0.3) is 0 Å². The van der Waals surface area contributed by atoms with Crippen molar-refractivity contribution in [2.24, 2.45) is 0 Å².